The first-order valence-electron chi connectivity index (χ1n) is 9.78. The Kier molecular flexibility index (Phi) is 4.87. The maximum atomic E-state index is 13.6. The number of hydrogen-bond donors (Lipinski definition) is 1. The molecule has 1 aliphatic heterocycles. The Hall–Kier alpha value is -2.76. The third-order valence-corrected chi connectivity index (χ3v) is 5.97. The lowest BCUT2D eigenvalue weighted by molar-refractivity contribution is -0.127. The van der Waals surface area contributed by atoms with E-state index in [-0.39, 0.29) is 23.7 Å². The molecular weight excluding hydrogens is 357 g/mol. The van der Waals surface area contributed by atoms with E-state index in [1.807, 2.05) is 6.92 Å². The number of aromatic nitrogens is 1. The number of halogens is 1. The average Bonchev–Trinajstić information content (AvgIpc) is 2.97. The molecular formula is C22H24FN3O2. The van der Waals surface area contributed by atoms with Crippen LogP contribution < -0.4 is 10.2 Å². The lowest BCUT2D eigenvalue weighted by Gasteiger charge is -2.37. The highest BCUT2D eigenvalue weighted by atomic mass is 19.1. The van der Waals surface area contributed by atoms with E-state index in [0.29, 0.717) is 24.2 Å². The number of rotatable bonds is 3. The van der Waals surface area contributed by atoms with E-state index in [2.05, 4.69) is 10.3 Å². The van der Waals surface area contributed by atoms with Gasteiger partial charge >= 0.3 is 0 Å². The van der Waals surface area contributed by atoms with Gasteiger partial charge in [0, 0.05) is 35.7 Å². The van der Waals surface area contributed by atoms with Crippen LogP contribution in [0.15, 0.2) is 42.6 Å². The number of hydrogen-bond acceptors (Lipinski definition) is 3. The summed E-state index contributed by atoms with van der Waals surface area (Å²) in [5, 5.41) is 3.10. The second-order valence-corrected chi connectivity index (χ2v) is 7.92. The second kappa shape index (κ2) is 7.34. The molecule has 0 bridgehead atoms. The van der Waals surface area contributed by atoms with Crippen LogP contribution in [0.3, 0.4) is 0 Å². The number of amides is 2. The zero-order valence-corrected chi connectivity index (χ0v) is 16.0. The number of benzene rings is 1. The third kappa shape index (κ3) is 3.51. The van der Waals surface area contributed by atoms with Crippen LogP contribution in [0.4, 0.5) is 10.1 Å². The zero-order valence-electron chi connectivity index (χ0n) is 16.0. The fraction of sp³-hybridized carbons (Fsp3) is 0.409. The largest absolute Gasteiger partial charge is 0.349 e. The van der Waals surface area contributed by atoms with Crippen molar-refractivity contribution < 1.29 is 14.0 Å². The first-order valence-corrected chi connectivity index (χ1v) is 9.78. The summed E-state index contributed by atoms with van der Waals surface area (Å²) in [4.78, 5) is 31.6. The molecule has 2 atom stereocenters. The number of carbonyl (C=O) groups excluding carboxylic acids is 2. The van der Waals surface area contributed by atoms with E-state index < -0.39 is 5.41 Å². The molecule has 28 heavy (non-hydrogen) atoms. The van der Waals surface area contributed by atoms with Crippen molar-refractivity contribution in [2.24, 2.45) is 5.41 Å². The smallest absolute Gasteiger partial charge is 0.251 e. The summed E-state index contributed by atoms with van der Waals surface area (Å²) in [5.41, 5.74) is 1.53. The van der Waals surface area contributed by atoms with Crippen molar-refractivity contribution in [2.45, 2.75) is 45.1 Å². The van der Waals surface area contributed by atoms with Gasteiger partial charge in [-0.05, 0) is 62.9 Å². The molecule has 1 saturated carbocycles. The molecule has 1 aromatic carbocycles. The van der Waals surface area contributed by atoms with Crippen LogP contribution in [-0.2, 0) is 4.79 Å². The summed E-state index contributed by atoms with van der Waals surface area (Å²) >= 11 is 0. The van der Waals surface area contributed by atoms with Crippen molar-refractivity contribution in [3.8, 4) is 0 Å². The highest BCUT2D eigenvalue weighted by Crippen LogP contribution is 2.46. The predicted octanol–water partition coefficient (Wildman–Crippen LogP) is 3.62. The van der Waals surface area contributed by atoms with Crippen LogP contribution in [0, 0.1) is 18.2 Å². The average molecular weight is 381 g/mol. The van der Waals surface area contributed by atoms with Crippen LogP contribution in [0.1, 0.15) is 48.2 Å². The highest BCUT2D eigenvalue weighted by molar-refractivity contribution is 6.00. The molecule has 2 aliphatic rings. The zero-order chi connectivity index (χ0) is 19.7. The van der Waals surface area contributed by atoms with E-state index in [1.54, 1.807) is 35.4 Å². The minimum atomic E-state index is -0.462. The Morgan fingerprint density at radius 3 is 2.93 bits per heavy atom. The molecule has 1 aromatic heterocycles. The van der Waals surface area contributed by atoms with Crippen molar-refractivity contribution in [2.75, 3.05) is 11.4 Å². The van der Waals surface area contributed by atoms with Crippen LogP contribution in [0.5, 0.6) is 0 Å². The minimum Gasteiger partial charge on any atom is -0.349 e. The molecule has 1 N–H and O–H groups in total. The maximum absolute atomic E-state index is 13.6. The van der Waals surface area contributed by atoms with Gasteiger partial charge in [0.2, 0.25) is 5.91 Å². The Balaban J connectivity index is 1.47. The van der Waals surface area contributed by atoms with Crippen molar-refractivity contribution in [1.29, 1.82) is 0 Å². The van der Waals surface area contributed by atoms with Crippen molar-refractivity contribution in [3.05, 3.63) is 59.7 Å². The third-order valence-electron chi connectivity index (χ3n) is 5.97. The Labute approximate surface area is 164 Å². The Morgan fingerprint density at radius 2 is 2.14 bits per heavy atom. The minimum absolute atomic E-state index is 0.0360. The molecule has 146 valence electrons. The van der Waals surface area contributed by atoms with Gasteiger partial charge in [0.25, 0.3) is 5.91 Å². The SMILES string of the molecule is Cc1cc(C(=O)N[C@@H]2CCC[C@@]3(CCN(c4cccc(F)c4)C3=O)C2)ccn1. The fourth-order valence-electron chi connectivity index (χ4n) is 4.57. The molecule has 2 amide bonds. The van der Waals surface area contributed by atoms with Crippen molar-refractivity contribution >= 4 is 17.5 Å². The highest BCUT2D eigenvalue weighted by Gasteiger charge is 2.49. The standard InChI is InChI=1S/C22H24FN3O2/c1-15-12-16(7-10-24-15)20(27)25-18-5-3-8-22(14-18)9-11-26(21(22)28)19-6-2-4-17(23)13-19/h2,4,6-7,10,12-13,18H,3,5,8-9,11,14H2,1H3,(H,25,27)/t18-,22-/m1/s1. The monoisotopic (exact) mass is 381 g/mol. The second-order valence-electron chi connectivity index (χ2n) is 7.92. The van der Waals surface area contributed by atoms with Gasteiger partial charge in [-0.15, -0.1) is 0 Å². The Morgan fingerprint density at radius 1 is 1.29 bits per heavy atom. The lowest BCUT2D eigenvalue weighted by Crippen LogP contribution is -2.46. The molecule has 0 unspecified atom stereocenters. The van der Waals surface area contributed by atoms with Crippen LogP contribution in [-0.4, -0.2) is 29.4 Å². The van der Waals surface area contributed by atoms with Crippen LogP contribution in [0.2, 0.25) is 0 Å². The van der Waals surface area contributed by atoms with Gasteiger partial charge in [0.1, 0.15) is 5.82 Å². The summed E-state index contributed by atoms with van der Waals surface area (Å²) in [5.74, 6) is -0.413. The number of nitrogens with one attached hydrogen (secondary N) is 1. The fourth-order valence-corrected chi connectivity index (χ4v) is 4.57. The first-order chi connectivity index (χ1) is 13.5. The summed E-state index contributed by atoms with van der Waals surface area (Å²) < 4.78 is 13.6. The van der Waals surface area contributed by atoms with E-state index in [0.717, 1.165) is 31.4 Å². The summed E-state index contributed by atoms with van der Waals surface area (Å²) in [6.45, 7) is 2.44. The molecule has 2 aromatic rings. The quantitative estimate of drug-likeness (QED) is 0.883. The van der Waals surface area contributed by atoms with Gasteiger partial charge < -0.3 is 10.2 Å². The topological polar surface area (TPSA) is 62.3 Å². The summed E-state index contributed by atoms with van der Waals surface area (Å²) in [7, 11) is 0. The van der Waals surface area contributed by atoms with Crippen LogP contribution >= 0.6 is 0 Å². The maximum Gasteiger partial charge on any atom is 0.251 e. The number of carbonyl (C=O) groups is 2. The van der Waals surface area contributed by atoms with Crippen molar-refractivity contribution in [1.82, 2.24) is 10.3 Å². The number of pyridine rings is 1. The molecule has 1 spiro atoms. The molecule has 2 fully saturated rings. The summed E-state index contributed by atoms with van der Waals surface area (Å²) in [6, 6.07) is 9.62. The molecule has 2 heterocycles. The van der Waals surface area contributed by atoms with E-state index >= 15 is 0 Å². The number of nitrogens with zero attached hydrogens (tertiary/aromatic N) is 2. The van der Waals surface area contributed by atoms with Gasteiger partial charge in [-0.1, -0.05) is 12.5 Å². The normalized spacial score (nSPS) is 24.6. The number of aryl methyl sites for hydroxylation is 1. The van der Waals surface area contributed by atoms with Crippen LogP contribution in [0.25, 0.3) is 0 Å². The molecule has 1 aliphatic carbocycles. The Bertz CT molecular complexity index is 916. The van der Waals surface area contributed by atoms with Gasteiger partial charge in [-0.3, -0.25) is 14.6 Å². The number of anilines is 1. The van der Waals surface area contributed by atoms with Crippen molar-refractivity contribution in [3.63, 3.8) is 0 Å². The summed E-state index contributed by atoms with van der Waals surface area (Å²) in [6.07, 6.45) is 5.58. The molecule has 0 radical (unpaired) electrons. The first kappa shape index (κ1) is 18.6. The van der Waals surface area contributed by atoms with Gasteiger partial charge in [-0.2, -0.15) is 0 Å². The predicted molar refractivity (Wildman–Crippen MR) is 104 cm³/mol. The van der Waals surface area contributed by atoms with E-state index in [4.69, 9.17) is 0 Å². The van der Waals surface area contributed by atoms with Gasteiger partial charge in [0.15, 0.2) is 0 Å². The molecule has 1 saturated heterocycles. The molecule has 4 rings (SSSR count). The van der Waals surface area contributed by atoms with Gasteiger partial charge in [-0.25, -0.2) is 4.39 Å². The van der Waals surface area contributed by atoms with E-state index in [1.165, 1.54) is 12.1 Å². The lowest BCUT2D eigenvalue weighted by atomic mass is 9.71. The van der Waals surface area contributed by atoms with E-state index in [9.17, 15) is 14.0 Å². The molecule has 5 nitrogen and oxygen atoms in total. The molecule has 6 heteroatoms. The van der Waals surface area contributed by atoms with Gasteiger partial charge in [0.05, 0.1) is 5.41 Å².